The van der Waals surface area contributed by atoms with Gasteiger partial charge in [-0.15, -0.1) is 5.10 Å². The lowest BCUT2D eigenvalue weighted by Crippen LogP contribution is -2.12. The third-order valence-corrected chi connectivity index (χ3v) is 3.02. The Morgan fingerprint density at radius 3 is 3.00 bits per heavy atom. The van der Waals surface area contributed by atoms with Crippen molar-refractivity contribution in [1.82, 2.24) is 15.0 Å². The van der Waals surface area contributed by atoms with Gasteiger partial charge in [-0.25, -0.2) is 0 Å². The Bertz CT molecular complexity index is 420. The zero-order chi connectivity index (χ0) is 11.5. The van der Waals surface area contributed by atoms with E-state index in [1.54, 1.807) is 10.9 Å². The first-order chi connectivity index (χ1) is 7.65. The Kier molecular flexibility index (Phi) is 3.17. The third-order valence-electron chi connectivity index (χ3n) is 3.02. The van der Waals surface area contributed by atoms with E-state index in [1.807, 2.05) is 7.05 Å². The summed E-state index contributed by atoms with van der Waals surface area (Å²) >= 11 is 0. The van der Waals surface area contributed by atoms with Crippen LogP contribution >= 0.6 is 0 Å². The average Bonchev–Trinajstić information content (AvgIpc) is 2.65. The Hall–Kier alpha value is -1.45. The molecular formula is C12H17N3O. The summed E-state index contributed by atoms with van der Waals surface area (Å²) in [6, 6.07) is 0. The van der Waals surface area contributed by atoms with Gasteiger partial charge in [-0.05, 0) is 30.8 Å². The fourth-order valence-electron chi connectivity index (χ4n) is 1.97. The molecule has 0 aromatic carbocycles. The number of carbonyl (C=O) groups is 1. The van der Waals surface area contributed by atoms with Crippen LogP contribution in [-0.4, -0.2) is 20.8 Å². The van der Waals surface area contributed by atoms with Gasteiger partial charge in [0.2, 0.25) is 0 Å². The molecule has 0 radical (unpaired) electrons. The van der Waals surface area contributed by atoms with Crippen LogP contribution in [0.3, 0.4) is 0 Å². The first-order valence-electron chi connectivity index (χ1n) is 5.72. The van der Waals surface area contributed by atoms with Crippen LogP contribution in [0, 0.1) is 5.92 Å². The van der Waals surface area contributed by atoms with Crippen molar-refractivity contribution in [3.63, 3.8) is 0 Å². The lowest BCUT2D eigenvalue weighted by Gasteiger charge is -2.16. The van der Waals surface area contributed by atoms with Crippen molar-refractivity contribution in [3.8, 4) is 0 Å². The van der Waals surface area contributed by atoms with E-state index in [4.69, 9.17) is 0 Å². The van der Waals surface area contributed by atoms with E-state index >= 15 is 0 Å². The predicted octanol–water partition coefficient (Wildman–Crippen LogP) is 1.67. The van der Waals surface area contributed by atoms with Crippen molar-refractivity contribution >= 4 is 5.78 Å². The number of aryl methyl sites for hydroxylation is 1. The highest BCUT2D eigenvalue weighted by atomic mass is 16.1. The second-order valence-electron chi connectivity index (χ2n) is 4.59. The fraction of sp³-hybridized carbons (Fsp3) is 0.583. The maximum absolute atomic E-state index is 11.9. The highest BCUT2D eigenvalue weighted by molar-refractivity contribution is 5.96. The maximum Gasteiger partial charge on any atom is 0.164 e. The fourth-order valence-corrected chi connectivity index (χ4v) is 1.97. The molecule has 16 heavy (non-hydrogen) atoms. The van der Waals surface area contributed by atoms with Crippen molar-refractivity contribution < 1.29 is 4.79 Å². The Morgan fingerprint density at radius 1 is 1.62 bits per heavy atom. The molecule has 86 valence electrons. The predicted molar refractivity (Wildman–Crippen MR) is 60.8 cm³/mol. The molecule has 1 aliphatic carbocycles. The quantitative estimate of drug-likeness (QED) is 0.777. The summed E-state index contributed by atoms with van der Waals surface area (Å²) in [5.41, 5.74) is 1.73. The van der Waals surface area contributed by atoms with Crippen LogP contribution in [-0.2, 0) is 18.3 Å². The van der Waals surface area contributed by atoms with Crippen LogP contribution in [0.2, 0.25) is 0 Å². The van der Waals surface area contributed by atoms with E-state index in [1.165, 1.54) is 0 Å². The summed E-state index contributed by atoms with van der Waals surface area (Å²) in [6.07, 6.45) is 7.34. The van der Waals surface area contributed by atoms with Gasteiger partial charge in [0.25, 0.3) is 0 Å². The smallest absolute Gasteiger partial charge is 0.164 e. The zero-order valence-electron chi connectivity index (χ0n) is 9.81. The number of aromatic nitrogens is 3. The molecule has 1 heterocycles. The van der Waals surface area contributed by atoms with Crippen LogP contribution in [0.5, 0.6) is 0 Å². The molecule has 0 aliphatic heterocycles. The molecule has 0 bridgehead atoms. The molecule has 0 amide bonds. The Labute approximate surface area is 95.3 Å². The SMILES string of the molecule is CC1CC=C(C(=O)Cc2cn(C)nn2)CC1. The number of hydrogen-bond acceptors (Lipinski definition) is 3. The van der Waals surface area contributed by atoms with Gasteiger partial charge in [-0.2, -0.15) is 0 Å². The number of Topliss-reactive ketones (excluding diaryl/α,β-unsaturated/α-hetero) is 1. The Balaban J connectivity index is 1.98. The second-order valence-corrected chi connectivity index (χ2v) is 4.59. The van der Waals surface area contributed by atoms with Gasteiger partial charge in [-0.1, -0.05) is 18.2 Å². The molecule has 0 N–H and O–H groups in total. The van der Waals surface area contributed by atoms with E-state index in [0.717, 1.165) is 30.5 Å². The van der Waals surface area contributed by atoms with Gasteiger partial charge in [0.05, 0.1) is 12.1 Å². The third kappa shape index (κ3) is 2.56. The molecule has 1 aromatic rings. The van der Waals surface area contributed by atoms with Crippen LogP contribution in [0.1, 0.15) is 31.9 Å². The molecule has 1 atom stereocenters. The average molecular weight is 219 g/mol. The van der Waals surface area contributed by atoms with Gasteiger partial charge in [-0.3, -0.25) is 9.48 Å². The van der Waals surface area contributed by atoms with Gasteiger partial charge < -0.3 is 0 Å². The van der Waals surface area contributed by atoms with Crippen molar-refractivity contribution in [3.05, 3.63) is 23.5 Å². The van der Waals surface area contributed by atoms with Crippen molar-refractivity contribution in [2.45, 2.75) is 32.6 Å². The summed E-state index contributed by atoms with van der Waals surface area (Å²) in [4.78, 5) is 11.9. The molecule has 2 rings (SSSR count). The topological polar surface area (TPSA) is 47.8 Å². The van der Waals surface area contributed by atoms with E-state index < -0.39 is 0 Å². The summed E-state index contributed by atoms with van der Waals surface area (Å²) in [7, 11) is 1.81. The minimum absolute atomic E-state index is 0.201. The highest BCUT2D eigenvalue weighted by Gasteiger charge is 2.17. The molecule has 4 nitrogen and oxygen atoms in total. The molecule has 0 saturated carbocycles. The number of carbonyl (C=O) groups excluding carboxylic acids is 1. The summed E-state index contributed by atoms with van der Waals surface area (Å²) < 4.78 is 1.62. The monoisotopic (exact) mass is 219 g/mol. The van der Waals surface area contributed by atoms with Gasteiger partial charge >= 0.3 is 0 Å². The zero-order valence-corrected chi connectivity index (χ0v) is 9.81. The molecule has 1 unspecified atom stereocenters. The molecule has 0 saturated heterocycles. The van der Waals surface area contributed by atoms with Crippen LogP contribution in [0.4, 0.5) is 0 Å². The number of hydrogen-bond donors (Lipinski definition) is 0. The molecule has 0 spiro atoms. The number of rotatable bonds is 3. The van der Waals surface area contributed by atoms with Crippen molar-refractivity contribution in [2.75, 3.05) is 0 Å². The van der Waals surface area contributed by atoms with Crippen molar-refractivity contribution in [1.29, 1.82) is 0 Å². The number of allylic oxidation sites excluding steroid dienone is 2. The van der Waals surface area contributed by atoms with Crippen LogP contribution < -0.4 is 0 Å². The minimum Gasteiger partial charge on any atom is -0.294 e. The largest absolute Gasteiger partial charge is 0.294 e. The van der Waals surface area contributed by atoms with E-state index in [0.29, 0.717) is 12.3 Å². The summed E-state index contributed by atoms with van der Waals surface area (Å²) in [5.74, 6) is 0.917. The normalized spacial score (nSPS) is 20.6. The molecule has 0 fully saturated rings. The number of ketones is 1. The minimum atomic E-state index is 0.201. The van der Waals surface area contributed by atoms with Crippen molar-refractivity contribution in [2.24, 2.45) is 13.0 Å². The van der Waals surface area contributed by atoms with E-state index in [-0.39, 0.29) is 5.78 Å². The van der Waals surface area contributed by atoms with Crippen LogP contribution in [0.15, 0.2) is 17.8 Å². The van der Waals surface area contributed by atoms with Gasteiger partial charge in [0.15, 0.2) is 5.78 Å². The lowest BCUT2D eigenvalue weighted by atomic mass is 9.88. The summed E-state index contributed by atoms with van der Waals surface area (Å²) in [5, 5.41) is 7.75. The molecule has 1 aromatic heterocycles. The molecular weight excluding hydrogens is 202 g/mol. The van der Waals surface area contributed by atoms with Gasteiger partial charge in [0, 0.05) is 13.2 Å². The van der Waals surface area contributed by atoms with Gasteiger partial charge in [0.1, 0.15) is 0 Å². The van der Waals surface area contributed by atoms with E-state index in [2.05, 4.69) is 23.3 Å². The lowest BCUT2D eigenvalue weighted by molar-refractivity contribution is -0.115. The summed E-state index contributed by atoms with van der Waals surface area (Å²) in [6.45, 7) is 2.22. The molecule has 1 aliphatic rings. The van der Waals surface area contributed by atoms with E-state index in [9.17, 15) is 4.79 Å². The highest BCUT2D eigenvalue weighted by Crippen LogP contribution is 2.23. The first-order valence-corrected chi connectivity index (χ1v) is 5.72. The molecule has 4 heteroatoms. The standard InChI is InChI=1S/C12H17N3O/c1-9-3-5-10(6-4-9)12(16)7-11-8-15(2)14-13-11/h5,8-9H,3-4,6-7H2,1-2H3. The second kappa shape index (κ2) is 4.60. The maximum atomic E-state index is 11.9. The Morgan fingerprint density at radius 2 is 2.44 bits per heavy atom. The first kappa shape index (κ1) is 11.0. The van der Waals surface area contributed by atoms with Crippen LogP contribution in [0.25, 0.3) is 0 Å². The number of nitrogens with zero attached hydrogens (tertiary/aromatic N) is 3.